The van der Waals surface area contributed by atoms with Gasteiger partial charge in [0.25, 0.3) is 0 Å². The maximum absolute atomic E-state index is 12.6. The van der Waals surface area contributed by atoms with Crippen LogP contribution in [-0.2, 0) is 28.6 Å². The van der Waals surface area contributed by atoms with Crippen LogP contribution in [-0.4, -0.2) is 46.6 Å². The first kappa shape index (κ1) is 30.9. The molecule has 1 aromatic rings. The first-order valence-corrected chi connectivity index (χ1v) is 12.9. The van der Waals surface area contributed by atoms with Crippen molar-refractivity contribution in [3.8, 4) is 0 Å². The Bertz CT molecular complexity index is 903. The summed E-state index contributed by atoms with van der Waals surface area (Å²) in [5.41, 5.74) is 1.04. The molecule has 1 aromatic carbocycles. The Kier molecular flexibility index (Phi) is 12.4. The number of allylic oxidation sites excluding steroid dienone is 1. The van der Waals surface area contributed by atoms with Crippen molar-refractivity contribution in [3.05, 3.63) is 41.2 Å². The molecule has 0 saturated heterocycles. The number of halogens is 6. The van der Waals surface area contributed by atoms with Crippen molar-refractivity contribution in [2.24, 2.45) is 0 Å². The van der Waals surface area contributed by atoms with Crippen LogP contribution in [0.5, 0.6) is 0 Å². The van der Waals surface area contributed by atoms with Crippen molar-refractivity contribution in [1.29, 1.82) is 0 Å². The van der Waals surface area contributed by atoms with Gasteiger partial charge in [0.05, 0.1) is 19.6 Å². The molecular weight excluding hydrogens is 585 g/mol. The Morgan fingerprint density at radius 2 is 1.48 bits per heavy atom. The van der Waals surface area contributed by atoms with E-state index < -0.39 is 36.4 Å². The number of rotatable bonds is 12. The molecule has 0 fully saturated rings. The van der Waals surface area contributed by atoms with E-state index in [0.717, 1.165) is 5.56 Å². The normalized spacial score (nSPS) is 13.7. The van der Waals surface area contributed by atoms with Crippen molar-refractivity contribution in [2.45, 2.75) is 51.9 Å². The topological polar surface area (TPSA) is 99.1 Å². The molecule has 0 saturated carbocycles. The predicted octanol–water partition coefficient (Wildman–Crippen LogP) is 6.33. The third-order valence-electron chi connectivity index (χ3n) is 3.95. The summed E-state index contributed by atoms with van der Waals surface area (Å²) in [6, 6.07) is 6.00. The number of carbonyl (C=O) groups is 1. The Labute approximate surface area is 222 Å². The molecular formula is C19H22Cl6O7S. The summed E-state index contributed by atoms with van der Waals surface area (Å²) >= 11 is 34.1. The van der Waals surface area contributed by atoms with E-state index in [9.17, 15) is 18.3 Å². The van der Waals surface area contributed by atoms with Crippen LogP contribution in [0.2, 0.25) is 0 Å². The number of ether oxygens (including phenoxy) is 2. The van der Waals surface area contributed by atoms with Gasteiger partial charge in [-0.25, -0.2) is 0 Å². The van der Waals surface area contributed by atoms with Crippen LogP contribution in [0.1, 0.15) is 31.7 Å². The molecule has 33 heavy (non-hydrogen) atoms. The second-order valence-corrected chi connectivity index (χ2v) is 13.5. The summed E-state index contributed by atoms with van der Waals surface area (Å²) in [7, 11) is -4.17. The number of carboxylic acid groups (broad SMARTS) is 1. The number of aryl methyl sites for hydroxylation is 1. The number of alkyl halides is 6. The summed E-state index contributed by atoms with van der Waals surface area (Å²) < 4.78 is 37.6. The van der Waals surface area contributed by atoms with Crippen molar-refractivity contribution >= 4 is 85.7 Å². The second kappa shape index (κ2) is 13.2. The van der Waals surface area contributed by atoms with Crippen LogP contribution in [0.15, 0.2) is 40.5 Å². The lowest BCUT2D eigenvalue weighted by atomic mass is 10.1. The Hall–Kier alpha value is -0.160. The highest BCUT2D eigenvalue weighted by atomic mass is 35.6. The van der Waals surface area contributed by atoms with Crippen LogP contribution in [0, 0.1) is 6.92 Å². The molecule has 14 heteroatoms. The molecule has 0 aliphatic heterocycles. The van der Waals surface area contributed by atoms with Gasteiger partial charge in [0.15, 0.2) is 6.29 Å². The third kappa shape index (κ3) is 13.5. The molecule has 7 nitrogen and oxygen atoms in total. The molecule has 0 amide bonds. The van der Waals surface area contributed by atoms with Crippen LogP contribution in [0.4, 0.5) is 0 Å². The van der Waals surface area contributed by atoms with Gasteiger partial charge in [0, 0.05) is 6.42 Å². The fraction of sp³-hybridized carbons (Fsp3) is 0.526. The molecule has 0 bridgehead atoms. The molecule has 0 unspecified atom stereocenters. The van der Waals surface area contributed by atoms with Crippen molar-refractivity contribution in [1.82, 2.24) is 0 Å². The second-order valence-electron chi connectivity index (χ2n) is 6.90. The lowest BCUT2D eigenvalue weighted by Gasteiger charge is -2.23. The molecule has 1 rings (SSSR count). The van der Waals surface area contributed by atoms with E-state index in [4.69, 9.17) is 83.3 Å². The van der Waals surface area contributed by atoms with Gasteiger partial charge in [-0.15, -0.1) is 0 Å². The number of aliphatic carboxylic acids is 1. The van der Waals surface area contributed by atoms with Gasteiger partial charge >= 0.3 is 16.1 Å². The highest BCUT2D eigenvalue weighted by molar-refractivity contribution is 7.86. The minimum absolute atomic E-state index is 0.00589. The number of hydrogen-bond donors (Lipinski definition) is 1. The van der Waals surface area contributed by atoms with Gasteiger partial charge in [-0.3, -0.25) is 4.79 Å². The van der Waals surface area contributed by atoms with E-state index in [1.54, 1.807) is 19.1 Å². The van der Waals surface area contributed by atoms with Gasteiger partial charge in [-0.05, 0) is 38.0 Å². The van der Waals surface area contributed by atoms with Crippen LogP contribution in [0.3, 0.4) is 0 Å². The van der Waals surface area contributed by atoms with E-state index in [0.29, 0.717) is 0 Å². The maximum Gasteiger partial charge on any atom is 0.338 e. The summed E-state index contributed by atoms with van der Waals surface area (Å²) in [6.07, 6.45) is -1.51. The molecule has 0 radical (unpaired) electrons. The van der Waals surface area contributed by atoms with Crippen molar-refractivity contribution < 1.29 is 32.0 Å². The summed E-state index contributed by atoms with van der Waals surface area (Å²) in [6.45, 7) is 2.43. The smallest absolute Gasteiger partial charge is 0.338 e. The number of carboxylic acids is 1. The average molecular weight is 607 g/mol. The quantitative estimate of drug-likeness (QED) is 0.128. The molecule has 0 heterocycles. The largest absolute Gasteiger partial charge is 0.481 e. The lowest BCUT2D eigenvalue weighted by molar-refractivity contribution is -0.144. The molecule has 0 aromatic heterocycles. The Balaban J connectivity index is 3.04. The minimum atomic E-state index is -4.17. The van der Waals surface area contributed by atoms with Crippen LogP contribution >= 0.6 is 69.6 Å². The summed E-state index contributed by atoms with van der Waals surface area (Å²) in [5.74, 6) is -1.29. The highest BCUT2D eigenvalue weighted by Gasteiger charge is 2.27. The van der Waals surface area contributed by atoms with Gasteiger partial charge in [-0.1, -0.05) is 87.3 Å². The van der Waals surface area contributed by atoms with E-state index in [-0.39, 0.29) is 42.3 Å². The highest BCUT2D eigenvalue weighted by Crippen LogP contribution is 2.30. The van der Waals surface area contributed by atoms with Crippen LogP contribution < -0.4 is 0 Å². The average Bonchev–Trinajstić information content (AvgIpc) is 2.64. The molecule has 0 spiro atoms. The van der Waals surface area contributed by atoms with E-state index >= 15 is 0 Å². The number of hydrogen-bond acceptors (Lipinski definition) is 6. The SMILES string of the molecule is CC(OS(=O)(=O)c1ccc(C)cc1)=C(CCC(OCC(Cl)(Cl)Cl)OCC(Cl)(Cl)Cl)CC(=O)O. The lowest BCUT2D eigenvalue weighted by Crippen LogP contribution is -2.27. The first-order chi connectivity index (χ1) is 15.0. The van der Waals surface area contributed by atoms with Crippen LogP contribution in [0.25, 0.3) is 0 Å². The first-order valence-electron chi connectivity index (χ1n) is 9.27. The minimum Gasteiger partial charge on any atom is -0.481 e. The van der Waals surface area contributed by atoms with Gasteiger partial charge in [0.1, 0.15) is 10.7 Å². The van der Waals surface area contributed by atoms with Gasteiger partial charge in [0.2, 0.25) is 7.59 Å². The molecule has 0 aliphatic rings. The molecule has 0 atom stereocenters. The predicted molar refractivity (Wildman–Crippen MR) is 130 cm³/mol. The molecule has 0 aliphatic carbocycles. The zero-order valence-corrected chi connectivity index (χ0v) is 22.8. The summed E-state index contributed by atoms with van der Waals surface area (Å²) in [5, 5.41) is 9.26. The molecule has 188 valence electrons. The third-order valence-corrected chi connectivity index (χ3v) is 5.93. The van der Waals surface area contributed by atoms with E-state index in [2.05, 4.69) is 0 Å². The zero-order valence-electron chi connectivity index (χ0n) is 17.5. The summed E-state index contributed by atoms with van der Waals surface area (Å²) in [4.78, 5) is 11.3. The Morgan fingerprint density at radius 3 is 1.91 bits per heavy atom. The number of benzene rings is 1. The van der Waals surface area contributed by atoms with E-state index in [1.165, 1.54) is 19.1 Å². The standard InChI is InChI=1S/C19H22Cl6O7S/c1-12-3-6-15(7-4-12)33(28,29)32-13(2)14(9-16(26)27)5-8-17(30-10-18(20,21)22)31-11-19(23,24)25/h3-4,6-7,17H,5,8-11H2,1-2H3,(H,26,27). The fourth-order valence-corrected chi connectivity index (χ4v) is 3.82. The van der Waals surface area contributed by atoms with Crippen molar-refractivity contribution in [2.75, 3.05) is 13.2 Å². The monoisotopic (exact) mass is 604 g/mol. The van der Waals surface area contributed by atoms with E-state index in [1.807, 2.05) is 0 Å². The zero-order chi connectivity index (χ0) is 25.4. The maximum atomic E-state index is 12.6. The van der Waals surface area contributed by atoms with Crippen molar-refractivity contribution in [3.63, 3.8) is 0 Å². The molecule has 1 N–H and O–H groups in total. The van der Waals surface area contributed by atoms with Gasteiger partial charge in [-0.2, -0.15) is 8.42 Å². The fourth-order valence-electron chi connectivity index (χ4n) is 2.43. The Morgan fingerprint density at radius 1 is 1.00 bits per heavy atom. The van der Waals surface area contributed by atoms with Gasteiger partial charge < -0.3 is 18.8 Å².